The van der Waals surface area contributed by atoms with Gasteiger partial charge in [-0.3, -0.25) is 9.35 Å². The molecule has 0 aliphatic carbocycles. The van der Waals surface area contributed by atoms with Crippen molar-refractivity contribution in [2.24, 2.45) is 5.41 Å². The van der Waals surface area contributed by atoms with Gasteiger partial charge in [0.2, 0.25) is 0 Å². The number of hydrogen-bond donors (Lipinski definition) is 1. The number of unbranched alkanes of at least 4 members (excludes halogenated alkanes) is 3. The van der Waals surface area contributed by atoms with Gasteiger partial charge in [-0.15, -0.1) is 0 Å². The van der Waals surface area contributed by atoms with Crippen molar-refractivity contribution in [2.75, 3.05) is 25.6 Å². The van der Waals surface area contributed by atoms with E-state index in [1.807, 2.05) is 6.92 Å². The number of carbonyl (C=O) groups excluding carboxylic acids is 3. The maximum Gasteiger partial charge on any atom is 2.00 e. The van der Waals surface area contributed by atoms with Crippen LogP contribution in [-0.4, -0.2) is 94.2 Å². The quantitative estimate of drug-likeness (QED) is 0.0917. The van der Waals surface area contributed by atoms with Gasteiger partial charge in [-0.05, 0) is 20.3 Å². The minimum atomic E-state index is -4.32. The van der Waals surface area contributed by atoms with Crippen LogP contribution in [0.2, 0.25) is 0 Å². The molecule has 0 amide bonds. The molecule has 176 valence electrons. The number of hydrogen-bond acceptors (Lipinski definition) is 8. The van der Waals surface area contributed by atoms with Crippen molar-refractivity contribution >= 4 is 65.8 Å². The van der Waals surface area contributed by atoms with E-state index < -0.39 is 59.0 Å². The molecule has 0 rings (SSSR count). The molecule has 0 aliphatic rings. The largest absolute Gasteiger partial charge is 2.00 e. The Morgan fingerprint density at radius 1 is 0.935 bits per heavy atom. The van der Waals surface area contributed by atoms with Gasteiger partial charge < -0.3 is 17.1 Å². The van der Waals surface area contributed by atoms with Crippen molar-refractivity contribution in [3.05, 3.63) is 24.3 Å². The van der Waals surface area contributed by atoms with Crippen LogP contribution in [0.15, 0.2) is 24.3 Å². The Morgan fingerprint density at radius 3 is 1.87 bits per heavy atom. The fraction of sp³-hybridized carbons (Fsp3) is 0.650. The van der Waals surface area contributed by atoms with Gasteiger partial charge in [0.25, 0.3) is 10.1 Å². The molecular weight excluding hydrogens is 456 g/mol. The van der Waals surface area contributed by atoms with Crippen molar-refractivity contribution in [3.8, 4) is 0 Å². The van der Waals surface area contributed by atoms with Gasteiger partial charge >= 0.3 is 55.6 Å². The van der Waals surface area contributed by atoms with Crippen LogP contribution in [0, 0.1) is 5.41 Å². The summed E-state index contributed by atoms with van der Waals surface area (Å²) in [5.74, 6) is -3.01. The van der Waals surface area contributed by atoms with Crippen molar-refractivity contribution in [1.29, 1.82) is 0 Å². The summed E-state index contributed by atoms with van der Waals surface area (Å²) in [6, 6.07) is 0. The fourth-order valence-electron chi connectivity index (χ4n) is 2.48. The first-order chi connectivity index (χ1) is 14.1. The molecule has 0 unspecified atom stereocenters. The monoisotopic (exact) mass is 490 g/mol. The molecule has 0 radical (unpaired) electrons. The number of rotatable bonds is 15. The van der Waals surface area contributed by atoms with Crippen LogP contribution in [0.25, 0.3) is 0 Å². The van der Waals surface area contributed by atoms with E-state index in [9.17, 15) is 22.8 Å². The molecule has 0 atom stereocenters. The first kappa shape index (κ1) is 32.2. The second-order valence-corrected chi connectivity index (χ2v) is 8.30. The molecule has 0 aromatic rings. The van der Waals surface area contributed by atoms with Crippen LogP contribution in [-0.2, 0) is 38.7 Å². The van der Waals surface area contributed by atoms with Crippen molar-refractivity contribution in [2.45, 2.75) is 52.9 Å². The maximum atomic E-state index is 12.8. The maximum absolute atomic E-state index is 12.8. The fourth-order valence-corrected chi connectivity index (χ4v) is 2.77. The minimum Gasteiger partial charge on any atom is -1.00 e. The molecule has 0 heterocycles. The minimum absolute atomic E-state index is 0. The van der Waals surface area contributed by atoms with E-state index in [0.29, 0.717) is 6.42 Å². The summed E-state index contributed by atoms with van der Waals surface area (Å²) in [5, 5.41) is 0. The average Bonchev–Trinajstić information content (AvgIpc) is 2.66. The van der Waals surface area contributed by atoms with E-state index in [2.05, 4.69) is 0 Å². The van der Waals surface area contributed by atoms with Gasteiger partial charge in [-0.25, -0.2) is 9.59 Å². The van der Waals surface area contributed by atoms with Crippen molar-refractivity contribution in [3.63, 3.8) is 0 Å². The molecule has 0 aromatic heterocycles. The van der Waals surface area contributed by atoms with Gasteiger partial charge in [-0.1, -0.05) is 44.8 Å². The van der Waals surface area contributed by atoms with Gasteiger partial charge in [0.15, 0.2) is 0 Å². The van der Waals surface area contributed by atoms with E-state index in [0.717, 1.165) is 19.3 Å². The van der Waals surface area contributed by atoms with Gasteiger partial charge in [0.1, 0.15) is 31.0 Å². The molecular formula is C20H34CaO9S. The molecule has 0 fully saturated rings. The summed E-state index contributed by atoms with van der Waals surface area (Å²) in [5.41, 5.74) is -1.50. The van der Waals surface area contributed by atoms with Crippen LogP contribution in [0.5, 0.6) is 0 Å². The van der Waals surface area contributed by atoms with E-state index in [4.69, 9.17) is 18.8 Å². The first-order valence-electron chi connectivity index (χ1n) is 9.81. The molecule has 9 nitrogen and oxygen atoms in total. The molecule has 0 saturated carbocycles. The molecule has 1 N–H and O–H groups in total. The number of esters is 3. The number of carbonyl (C=O) groups is 3. The Hall–Kier alpha value is -0.940. The molecule has 11 heteroatoms. The third kappa shape index (κ3) is 15.5. The molecule has 0 spiro atoms. The molecule has 0 aromatic carbocycles. The smallest absolute Gasteiger partial charge is 1.00 e. The Kier molecular flexibility index (Phi) is 18.3. The summed E-state index contributed by atoms with van der Waals surface area (Å²) in [6.07, 6.45) is 8.75. The number of ether oxygens (including phenoxy) is 3. The van der Waals surface area contributed by atoms with Crippen LogP contribution < -0.4 is 0 Å². The van der Waals surface area contributed by atoms with E-state index in [-0.39, 0.29) is 47.0 Å². The average molecular weight is 491 g/mol. The summed E-state index contributed by atoms with van der Waals surface area (Å²) in [7, 11) is -4.32. The standard InChI is InChI=1S/C20H32O9S.Ca.2H/c1-4-7-8-9-12-20(15-28-17(21)10-5-2,16-29-18(22)11-6-3)19(23)27-13-14-30(24,25)26;;;/h5-6,10-11H,4,7-9,12-16H2,1-3H3,(H,24,25,26);;;/q;+2;2*-1. The zero-order valence-corrected chi connectivity index (χ0v) is 21.5. The normalized spacial score (nSPS) is 13.4. The topological polar surface area (TPSA) is 133 Å². The van der Waals surface area contributed by atoms with Gasteiger partial charge in [0, 0.05) is 12.2 Å². The second-order valence-electron chi connectivity index (χ2n) is 6.73. The SMILES string of the molecule is CC=CC(=O)OCC(CCCCCC)(COC(=O)C=CC)C(=O)OCCS(=O)(=O)O.[Ca+2].[H-].[H-]. The van der Waals surface area contributed by atoms with E-state index in [1.165, 1.54) is 24.3 Å². The Morgan fingerprint density at radius 2 is 1.45 bits per heavy atom. The second kappa shape index (κ2) is 17.6. The van der Waals surface area contributed by atoms with Crippen LogP contribution >= 0.6 is 0 Å². The third-order valence-corrected chi connectivity index (χ3v) is 4.79. The van der Waals surface area contributed by atoms with Crippen molar-refractivity contribution in [1.82, 2.24) is 0 Å². The van der Waals surface area contributed by atoms with Crippen LogP contribution in [0.1, 0.15) is 55.7 Å². The predicted octanol–water partition coefficient (Wildman–Crippen LogP) is 2.46. The van der Waals surface area contributed by atoms with E-state index in [1.54, 1.807) is 13.8 Å². The Bertz CT molecular complexity index is 697. The molecule has 0 aliphatic heterocycles. The number of allylic oxidation sites excluding steroid dienone is 2. The summed E-state index contributed by atoms with van der Waals surface area (Å²) in [6.45, 7) is 3.88. The summed E-state index contributed by atoms with van der Waals surface area (Å²) in [4.78, 5) is 36.4. The molecule has 31 heavy (non-hydrogen) atoms. The van der Waals surface area contributed by atoms with Crippen molar-refractivity contribution < 1.29 is 44.4 Å². The predicted molar refractivity (Wildman–Crippen MR) is 118 cm³/mol. The zero-order valence-electron chi connectivity index (χ0n) is 20.5. The van der Waals surface area contributed by atoms with Gasteiger partial charge in [0.05, 0.1) is 0 Å². The zero-order chi connectivity index (χ0) is 23.0. The molecule has 0 bridgehead atoms. The van der Waals surface area contributed by atoms with E-state index >= 15 is 0 Å². The molecule has 0 saturated heterocycles. The first-order valence-corrected chi connectivity index (χ1v) is 11.4. The summed E-state index contributed by atoms with van der Waals surface area (Å²) < 4.78 is 46.0. The Labute approximate surface area is 217 Å². The third-order valence-electron chi connectivity index (χ3n) is 4.10. The Balaban J connectivity index is -0.00000140. The van der Waals surface area contributed by atoms with Crippen LogP contribution in [0.4, 0.5) is 0 Å². The van der Waals surface area contributed by atoms with Gasteiger partial charge in [-0.2, -0.15) is 8.42 Å². The van der Waals surface area contributed by atoms with Crippen LogP contribution in [0.3, 0.4) is 0 Å². The summed E-state index contributed by atoms with van der Waals surface area (Å²) >= 11 is 0.